The summed E-state index contributed by atoms with van der Waals surface area (Å²) in [6.45, 7) is 5.88. The maximum absolute atomic E-state index is 6.28. The van der Waals surface area contributed by atoms with Crippen molar-refractivity contribution in [1.29, 1.82) is 0 Å². The van der Waals surface area contributed by atoms with Gasteiger partial charge in [-0.15, -0.1) is 0 Å². The fourth-order valence-corrected chi connectivity index (χ4v) is 2.76. The summed E-state index contributed by atoms with van der Waals surface area (Å²) >= 11 is 0. The molecule has 2 heterocycles. The minimum atomic E-state index is 0.443. The number of piperidine rings is 1. The smallest absolute Gasteiger partial charge is 0.248 e. The molecule has 5 heteroatoms. The van der Waals surface area contributed by atoms with Crippen molar-refractivity contribution in [2.24, 2.45) is 0 Å². The van der Waals surface area contributed by atoms with Gasteiger partial charge in [-0.25, -0.2) is 4.98 Å². The van der Waals surface area contributed by atoms with E-state index in [0.29, 0.717) is 17.4 Å². The minimum absolute atomic E-state index is 0.443. The lowest BCUT2D eigenvalue weighted by Gasteiger charge is -2.29. The van der Waals surface area contributed by atoms with Crippen LogP contribution in [0.3, 0.4) is 0 Å². The molecule has 116 valence electrons. The van der Waals surface area contributed by atoms with E-state index in [1.165, 1.54) is 19.3 Å². The lowest BCUT2D eigenvalue weighted by Crippen LogP contribution is -2.31. The first-order valence-electron chi connectivity index (χ1n) is 7.77. The van der Waals surface area contributed by atoms with Crippen LogP contribution in [0.1, 0.15) is 30.7 Å². The largest absolute Gasteiger partial charge is 0.437 e. The molecule has 0 amide bonds. The van der Waals surface area contributed by atoms with Crippen LogP contribution in [0.5, 0.6) is 11.6 Å². The Morgan fingerprint density at radius 2 is 1.86 bits per heavy atom. The highest BCUT2D eigenvalue weighted by Gasteiger charge is 2.19. The van der Waals surface area contributed by atoms with Crippen molar-refractivity contribution in [3.63, 3.8) is 0 Å². The molecular formula is C17H22N4O. The molecule has 0 bridgehead atoms. The summed E-state index contributed by atoms with van der Waals surface area (Å²) in [7, 11) is 0. The van der Waals surface area contributed by atoms with Crippen molar-refractivity contribution in [2.75, 3.05) is 23.7 Å². The van der Waals surface area contributed by atoms with E-state index in [1.807, 2.05) is 38.1 Å². The van der Waals surface area contributed by atoms with Gasteiger partial charge in [0.05, 0.1) is 0 Å². The number of hydrogen-bond acceptors (Lipinski definition) is 5. The van der Waals surface area contributed by atoms with E-state index in [2.05, 4.69) is 14.9 Å². The van der Waals surface area contributed by atoms with Crippen LogP contribution >= 0.6 is 0 Å². The van der Waals surface area contributed by atoms with Crippen molar-refractivity contribution in [1.82, 2.24) is 9.97 Å². The Bertz CT molecular complexity index is 666. The molecule has 3 rings (SSSR count). The summed E-state index contributed by atoms with van der Waals surface area (Å²) in [6, 6.07) is 7.86. The second-order valence-electron chi connectivity index (χ2n) is 5.78. The third-order valence-electron chi connectivity index (χ3n) is 3.86. The van der Waals surface area contributed by atoms with Gasteiger partial charge in [0, 0.05) is 13.1 Å². The predicted molar refractivity (Wildman–Crippen MR) is 88.5 cm³/mol. The van der Waals surface area contributed by atoms with Crippen molar-refractivity contribution in [3.8, 4) is 11.6 Å². The number of aromatic nitrogens is 2. The van der Waals surface area contributed by atoms with Crippen LogP contribution < -0.4 is 15.4 Å². The highest BCUT2D eigenvalue weighted by atomic mass is 16.5. The van der Waals surface area contributed by atoms with Gasteiger partial charge in [0.1, 0.15) is 17.3 Å². The number of nitrogens with zero attached hydrogens (tertiary/aromatic N) is 3. The van der Waals surface area contributed by atoms with Gasteiger partial charge < -0.3 is 15.4 Å². The van der Waals surface area contributed by atoms with E-state index in [1.54, 1.807) is 0 Å². The lowest BCUT2D eigenvalue weighted by molar-refractivity contribution is 0.461. The summed E-state index contributed by atoms with van der Waals surface area (Å²) in [4.78, 5) is 11.1. The van der Waals surface area contributed by atoms with E-state index >= 15 is 0 Å². The Kier molecular flexibility index (Phi) is 4.13. The van der Waals surface area contributed by atoms with Gasteiger partial charge in [-0.1, -0.05) is 12.1 Å². The van der Waals surface area contributed by atoms with Crippen LogP contribution in [-0.4, -0.2) is 23.1 Å². The SMILES string of the molecule is Cc1cccc(Oc2nc(C)nc(N3CCCCC3)c2N)c1. The molecule has 1 aromatic heterocycles. The van der Waals surface area contributed by atoms with E-state index < -0.39 is 0 Å². The number of rotatable bonds is 3. The number of aryl methyl sites for hydroxylation is 2. The molecule has 1 aliphatic heterocycles. The Morgan fingerprint density at radius 1 is 1.09 bits per heavy atom. The van der Waals surface area contributed by atoms with E-state index in [4.69, 9.17) is 10.5 Å². The Balaban J connectivity index is 1.92. The molecule has 0 spiro atoms. The number of anilines is 2. The van der Waals surface area contributed by atoms with Gasteiger partial charge >= 0.3 is 0 Å². The number of benzene rings is 1. The van der Waals surface area contributed by atoms with E-state index in [0.717, 1.165) is 30.2 Å². The third-order valence-corrected chi connectivity index (χ3v) is 3.86. The number of ether oxygens (including phenoxy) is 1. The summed E-state index contributed by atoms with van der Waals surface area (Å²) in [6.07, 6.45) is 3.63. The van der Waals surface area contributed by atoms with Gasteiger partial charge in [0.2, 0.25) is 5.88 Å². The molecule has 5 nitrogen and oxygen atoms in total. The summed E-state index contributed by atoms with van der Waals surface area (Å²) < 4.78 is 5.90. The first-order valence-corrected chi connectivity index (χ1v) is 7.77. The first kappa shape index (κ1) is 14.6. The van der Waals surface area contributed by atoms with E-state index in [9.17, 15) is 0 Å². The molecular weight excluding hydrogens is 276 g/mol. The maximum atomic E-state index is 6.28. The van der Waals surface area contributed by atoms with Crippen LogP contribution in [0.15, 0.2) is 24.3 Å². The van der Waals surface area contributed by atoms with Crippen LogP contribution in [0.25, 0.3) is 0 Å². The Hall–Kier alpha value is -2.30. The van der Waals surface area contributed by atoms with Gasteiger partial charge in [-0.3, -0.25) is 0 Å². The first-order chi connectivity index (χ1) is 10.6. The molecule has 1 saturated heterocycles. The van der Waals surface area contributed by atoms with Gasteiger partial charge in [0.25, 0.3) is 0 Å². The second-order valence-corrected chi connectivity index (χ2v) is 5.78. The van der Waals surface area contributed by atoms with Crippen molar-refractivity contribution in [3.05, 3.63) is 35.7 Å². The van der Waals surface area contributed by atoms with Crippen molar-refractivity contribution in [2.45, 2.75) is 33.1 Å². The molecule has 0 atom stereocenters. The molecule has 1 fully saturated rings. The molecule has 0 unspecified atom stereocenters. The number of nitrogens with two attached hydrogens (primary N) is 1. The molecule has 0 saturated carbocycles. The van der Waals surface area contributed by atoms with Crippen LogP contribution in [-0.2, 0) is 0 Å². The maximum Gasteiger partial charge on any atom is 0.248 e. The van der Waals surface area contributed by atoms with Crippen molar-refractivity contribution >= 4 is 11.5 Å². The number of hydrogen-bond donors (Lipinski definition) is 1. The lowest BCUT2D eigenvalue weighted by atomic mass is 10.1. The normalized spacial score (nSPS) is 14.9. The predicted octanol–water partition coefficient (Wildman–Crippen LogP) is 3.46. The highest BCUT2D eigenvalue weighted by molar-refractivity contribution is 5.68. The second kappa shape index (κ2) is 6.22. The van der Waals surface area contributed by atoms with Gasteiger partial charge in [-0.05, 0) is 50.8 Å². The number of nitrogen functional groups attached to an aromatic ring is 1. The van der Waals surface area contributed by atoms with Crippen LogP contribution in [0.2, 0.25) is 0 Å². The summed E-state index contributed by atoms with van der Waals surface area (Å²) in [5, 5.41) is 0. The molecule has 1 aromatic carbocycles. The fourth-order valence-electron chi connectivity index (χ4n) is 2.76. The summed E-state index contributed by atoms with van der Waals surface area (Å²) in [5.41, 5.74) is 7.94. The quantitative estimate of drug-likeness (QED) is 0.940. The monoisotopic (exact) mass is 298 g/mol. The topological polar surface area (TPSA) is 64.3 Å². The Morgan fingerprint density at radius 3 is 2.59 bits per heavy atom. The zero-order valence-corrected chi connectivity index (χ0v) is 13.2. The van der Waals surface area contributed by atoms with Crippen LogP contribution in [0.4, 0.5) is 11.5 Å². The molecule has 0 aliphatic carbocycles. The summed E-state index contributed by atoms with van der Waals surface area (Å²) in [5.74, 6) is 2.67. The van der Waals surface area contributed by atoms with Gasteiger partial charge in [0.15, 0.2) is 5.82 Å². The van der Waals surface area contributed by atoms with Gasteiger partial charge in [-0.2, -0.15) is 4.98 Å². The zero-order chi connectivity index (χ0) is 15.5. The molecule has 0 radical (unpaired) electrons. The molecule has 22 heavy (non-hydrogen) atoms. The molecule has 2 aromatic rings. The molecule has 2 N–H and O–H groups in total. The zero-order valence-electron chi connectivity index (χ0n) is 13.2. The fraction of sp³-hybridized carbons (Fsp3) is 0.412. The average molecular weight is 298 g/mol. The van der Waals surface area contributed by atoms with Crippen molar-refractivity contribution < 1.29 is 4.74 Å². The Labute approximate surface area is 131 Å². The standard InChI is InChI=1S/C17H22N4O/c1-12-7-6-8-14(11-12)22-17-15(18)16(19-13(2)20-17)21-9-4-3-5-10-21/h6-8,11H,3-5,9-10,18H2,1-2H3. The van der Waals surface area contributed by atoms with Crippen LogP contribution in [0, 0.1) is 13.8 Å². The third kappa shape index (κ3) is 3.13. The minimum Gasteiger partial charge on any atom is -0.437 e. The molecule has 1 aliphatic rings. The average Bonchev–Trinajstić information content (AvgIpc) is 2.51. The highest BCUT2D eigenvalue weighted by Crippen LogP contribution is 2.33. The van der Waals surface area contributed by atoms with E-state index in [-0.39, 0.29) is 0 Å².